The van der Waals surface area contributed by atoms with E-state index in [1.54, 1.807) is 13.0 Å². The van der Waals surface area contributed by atoms with Gasteiger partial charge >= 0.3 is 6.09 Å². The van der Waals surface area contributed by atoms with E-state index in [2.05, 4.69) is 15.3 Å². The molecular weight excluding hydrogens is 352 g/mol. The highest BCUT2D eigenvalue weighted by atomic mass is 32.2. The number of aromatic nitrogens is 2. The van der Waals surface area contributed by atoms with Crippen LogP contribution in [-0.4, -0.2) is 41.9 Å². The number of anilines is 1. The van der Waals surface area contributed by atoms with Crippen molar-refractivity contribution in [2.24, 2.45) is 0 Å². The lowest BCUT2D eigenvalue weighted by Gasteiger charge is -2.25. The van der Waals surface area contributed by atoms with Gasteiger partial charge in [0.2, 0.25) is 10.0 Å². The Morgan fingerprint density at radius 2 is 2.33 bits per heavy atom. The zero-order valence-corrected chi connectivity index (χ0v) is 14.6. The fourth-order valence-electron chi connectivity index (χ4n) is 2.33. The van der Waals surface area contributed by atoms with Gasteiger partial charge in [0, 0.05) is 30.2 Å². The highest BCUT2D eigenvalue weighted by Gasteiger charge is 2.30. The van der Waals surface area contributed by atoms with Gasteiger partial charge in [0.15, 0.2) is 5.13 Å². The molecule has 0 fully saturated rings. The second kappa shape index (κ2) is 6.83. The molecule has 1 amide bonds. The second-order valence-corrected chi connectivity index (χ2v) is 8.03. The van der Waals surface area contributed by atoms with Crippen molar-refractivity contribution >= 4 is 32.6 Å². The molecule has 2 aromatic heterocycles. The number of carbonyl (C=O) groups is 1. The SMILES string of the molecule is CCOC(=O)Nc1nc2c(s1)CN(S(=O)(=O)c1cccnc1)CC2. The van der Waals surface area contributed by atoms with Crippen molar-refractivity contribution in [3.63, 3.8) is 0 Å². The zero-order chi connectivity index (χ0) is 17.2. The van der Waals surface area contributed by atoms with Crippen LogP contribution in [0.2, 0.25) is 0 Å². The van der Waals surface area contributed by atoms with Crippen LogP contribution < -0.4 is 5.32 Å². The monoisotopic (exact) mass is 368 g/mol. The van der Waals surface area contributed by atoms with E-state index in [9.17, 15) is 13.2 Å². The molecule has 0 aromatic carbocycles. The van der Waals surface area contributed by atoms with E-state index in [4.69, 9.17) is 4.74 Å². The van der Waals surface area contributed by atoms with Crippen molar-refractivity contribution in [3.8, 4) is 0 Å². The van der Waals surface area contributed by atoms with Gasteiger partial charge in [0.05, 0.1) is 18.8 Å². The number of amides is 1. The average Bonchev–Trinajstić information content (AvgIpc) is 2.97. The van der Waals surface area contributed by atoms with Gasteiger partial charge < -0.3 is 4.74 Å². The molecule has 3 rings (SSSR count). The summed E-state index contributed by atoms with van der Waals surface area (Å²) < 4.78 is 31.5. The molecule has 0 aliphatic carbocycles. The van der Waals surface area contributed by atoms with Crippen LogP contribution in [-0.2, 0) is 27.7 Å². The van der Waals surface area contributed by atoms with Crippen molar-refractivity contribution in [2.45, 2.75) is 24.8 Å². The molecule has 0 spiro atoms. The number of hydrogen-bond acceptors (Lipinski definition) is 7. The number of rotatable bonds is 4. The minimum atomic E-state index is -3.59. The Hall–Kier alpha value is -2.04. The van der Waals surface area contributed by atoms with Gasteiger partial charge in [0.1, 0.15) is 4.90 Å². The van der Waals surface area contributed by atoms with E-state index in [0.717, 1.165) is 10.6 Å². The molecule has 10 heteroatoms. The highest BCUT2D eigenvalue weighted by molar-refractivity contribution is 7.89. The Morgan fingerprint density at radius 1 is 1.50 bits per heavy atom. The molecule has 0 unspecified atom stereocenters. The molecule has 1 N–H and O–H groups in total. The third-order valence-electron chi connectivity index (χ3n) is 3.45. The summed E-state index contributed by atoms with van der Waals surface area (Å²) in [6, 6.07) is 3.12. The summed E-state index contributed by atoms with van der Waals surface area (Å²) in [6.45, 7) is 2.56. The third kappa shape index (κ3) is 3.40. The van der Waals surface area contributed by atoms with E-state index in [1.165, 1.54) is 34.1 Å². The van der Waals surface area contributed by atoms with Gasteiger partial charge in [0.25, 0.3) is 0 Å². The number of sulfonamides is 1. The molecule has 0 bridgehead atoms. The maximum Gasteiger partial charge on any atom is 0.413 e. The minimum Gasteiger partial charge on any atom is -0.450 e. The summed E-state index contributed by atoms with van der Waals surface area (Å²) in [5, 5.41) is 2.97. The summed E-state index contributed by atoms with van der Waals surface area (Å²) in [5.41, 5.74) is 0.810. The lowest BCUT2D eigenvalue weighted by molar-refractivity contribution is 0.168. The number of ether oxygens (including phenoxy) is 1. The van der Waals surface area contributed by atoms with Crippen LogP contribution in [0.1, 0.15) is 17.5 Å². The maximum atomic E-state index is 12.6. The summed E-state index contributed by atoms with van der Waals surface area (Å²) >= 11 is 1.26. The Morgan fingerprint density at radius 3 is 3.04 bits per heavy atom. The third-order valence-corrected chi connectivity index (χ3v) is 6.28. The summed E-state index contributed by atoms with van der Waals surface area (Å²) in [4.78, 5) is 20.6. The first-order valence-electron chi connectivity index (χ1n) is 7.33. The lowest BCUT2D eigenvalue weighted by Crippen LogP contribution is -2.35. The second-order valence-electron chi connectivity index (χ2n) is 5.01. The smallest absolute Gasteiger partial charge is 0.413 e. The summed E-state index contributed by atoms with van der Waals surface area (Å²) in [7, 11) is -3.59. The molecule has 0 atom stereocenters. The Balaban J connectivity index is 1.77. The van der Waals surface area contributed by atoms with Crippen LogP contribution >= 0.6 is 11.3 Å². The standard InChI is InChI=1S/C14H16N4O4S2/c1-2-22-14(19)17-13-16-11-5-7-18(9-12(11)23-13)24(20,21)10-4-3-6-15-8-10/h3-4,6,8H,2,5,7,9H2,1H3,(H,16,17,19). The molecule has 1 aliphatic rings. The average molecular weight is 368 g/mol. The molecule has 0 saturated heterocycles. The van der Waals surface area contributed by atoms with Crippen LogP contribution in [0.4, 0.5) is 9.93 Å². The summed E-state index contributed by atoms with van der Waals surface area (Å²) in [5.74, 6) is 0. The lowest BCUT2D eigenvalue weighted by atomic mass is 10.2. The van der Waals surface area contributed by atoms with Crippen molar-refractivity contribution in [3.05, 3.63) is 35.1 Å². The fourth-order valence-corrected chi connectivity index (χ4v) is 4.80. The zero-order valence-electron chi connectivity index (χ0n) is 12.9. The van der Waals surface area contributed by atoms with Gasteiger partial charge in [-0.1, -0.05) is 11.3 Å². The van der Waals surface area contributed by atoms with Gasteiger partial charge in [-0.05, 0) is 19.1 Å². The van der Waals surface area contributed by atoms with Crippen molar-refractivity contribution in [2.75, 3.05) is 18.5 Å². The number of nitrogens with zero attached hydrogens (tertiary/aromatic N) is 3. The number of nitrogens with one attached hydrogen (secondary N) is 1. The predicted octanol–water partition coefficient (Wildman–Crippen LogP) is 1.85. The van der Waals surface area contributed by atoms with Gasteiger partial charge in [-0.2, -0.15) is 4.31 Å². The number of thiazole rings is 1. The van der Waals surface area contributed by atoms with Gasteiger partial charge in [-0.25, -0.2) is 18.2 Å². The first-order valence-corrected chi connectivity index (χ1v) is 9.59. The van der Waals surface area contributed by atoms with Crippen LogP contribution in [0.15, 0.2) is 29.4 Å². The van der Waals surface area contributed by atoms with Crippen molar-refractivity contribution < 1.29 is 17.9 Å². The van der Waals surface area contributed by atoms with Gasteiger partial charge in [-0.3, -0.25) is 10.3 Å². The van der Waals surface area contributed by atoms with Gasteiger partial charge in [-0.15, -0.1) is 0 Å². The number of carbonyl (C=O) groups excluding carboxylic acids is 1. The topological polar surface area (TPSA) is 101 Å². The van der Waals surface area contributed by atoms with E-state index in [-0.39, 0.29) is 18.0 Å². The Bertz CT molecular complexity index is 836. The normalized spacial score (nSPS) is 14.9. The van der Waals surface area contributed by atoms with Crippen LogP contribution in [0.3, 0.4) is 0 Å². The molecule has 3 heterocycles. The first-order chi connectivity index (χ1) is 11.5. The molecular formula is C14H16N4O4S2. The quantitative estimate of drug-likeness (QED) is 0.884. The van der Waals surface area contributed by atoms with Crippen molar-refractivity contribution in [1.82, 2.24) is 14.3 Å². The van der Waals surface area contributed by atoms with Crippen molar-refractivity contribution in [1.29, 1.82) is 0 Å². The highest BCUT2D eigenvalue weighted by Crippen LogP contribution is 2.30. The largest absolute Gasteiger partial charge is 0.450 e. The van der Waals surface area contributed by atoms with Crippen LogP contribution in [0, 0.1) is 0 Å². The molecule has 128 valence electrons. The number of pyridine rings is 1. The van der Waals surface area contributed by atoms with E-state index in [0.29, 0.717) is 18.1 Å². The summed E-state index contributed by atoms with van der Waals surface area (Å²) in [6.07, 6.45) is 2.80. The van der Waals surface area contributed by atoms with E-state index in [1.807, 2.05) is 0 Å². The molecule has 8 nitrogen and oxygen atoms in total. The van der Waals surface area contributed by atoms with E-state index >= 15 is 0 Å². The minimum absolute atomic E-state index is 0.169. The number of hydrogen-bond donors (Lipinski definition) is 1. The van der Waals surface area contributed by atoms with E-state index < -0.39 is 16.1 Å². The Labute approximate surface area is 143 Å². The maximum absolute atomic E-state index is 12.6. The number of fused-ring (bicyclic) bond motifs is 1. The molecule has 0 radical (unpaired) electrons. The molecule has 0 saturated carbocycles. The van der Waals surface area contributed by atoms with Crippen LogP contribution in [0.5, 0.6) is 0 Å². The molecule has 1 aliphatic heterocycles. The molecule has 2 aromatic rings. The molecule has 24 heavy (non-hydrogen) atoms. The Kier molecular flexibility index (Phi) is 4.78. The van der Waals surface area contributed by atoms with Crippen LogP contribution in [0.25, 0.3) is 0 Å². The predicted molar refractivity (Wildman–Crippen MR) is 88.3 cm³/mol. The first kappa shape index (κ1) is 16.8. The fraction of sp³-hybridized carbons (Fsp3) is 0.357.